The number of ether oxygens (including phenoxy) is 1. The molecular weight excluding hydrogens is 1950 g/mol. The molecule has 0 saturated carbocycles. The van der Waals surface area contributed by atoms with Gasteiger partial charge in [-0.05, 0) is 135 Å². The monoisotopic (exact) mass is 2090 g/mol. The zero-order valence-electron chi connectivity index (χ0n) is 84.0. The molecule has 0 spiro atoms. The molecule has 2 aromatic heterocycles. The Kier molecular flexibility index (Phi) is 48.8. The number of aliphatic hydroxyl groups is 2. The van der Waals surface area contributed by atoms with Gasteiger partial charge in [-0.25, -0.2) is 4.98 Å². The third-order valence-electron chi connectivity index (χ3n) is 24.7. The number of amides is 16. The number of aliphatic hydroxyl groups excluding tert-OH is 2. The summed E-state index contributed by atoms with van der Waals surface area (Å²) in [6.07, 6.45) is 3.67. The molecule has 0 bridgehead atoms. The topological polar surface area (TPSA) is 707 Å². The minimum absolute atomic E-state index is 0.00947. The van der Waals surface area contributed by atoms with Crippen LogP contribution in [-0.2, 0) is 123 Å². The van der Waals surface area contributed by atoms with E-state index >= 15 is 28.8 Å². The van der Waals surface area contributed by atoms with Crippen molar-refractivity contribution in [3.63, 3.8) is 0 Å². The number of aliphatic carboxylic acids is 2. The maximum absolute atomic E-state index is 15.4. The number of aromatic amines is 2. The molecule has 3 heterocycles. The number of nitrogens with zero attached hydrogens (tertiary/aromatic N) is 5. The average molecular weight is 2090 g/mol. The quantitative estimate of drug-likeness (QED) is 0.0113. The average Bonchev–Trinajstić information content (AvgIpc) is 1.64. The number of phenols is 1. The molecular formula is C101H137N23O24S. The molecule has 16 amide bonds. The Morgan fingerprint density at radius 2 is 1.04 bits per heavy atom. The summed E-state index contributed by atoms with van der Waals surface area (Å²) in [5.41, 5.74) is 14.8. The second kappa shape index (κ2) is 61.2. The fourth-order valence-electron chi connectivity index (χ4n) is 16.5. The van der Waals surface area contributed by atoms with E-state index in [1.54, 1.807) is 148 Å². The zero-order chi connectivity index (χ0) is 109. The highest BCUT2D eigenvalue weighted by Crippen LogP contribution is 2.26. The van der Waals surface area contributed by atoms with Gasteiger partial charge in [-0.1, -0.05) is 135 Å². The van der Waals surface area contributed by atoms with E-state index in [1.165, 1.54) is 77.3 Å². The Labute approximate surface area is 865 Å². The van der Waals surface area contributed by atoms with Crippen molar-refractivity contribution in [3.05, 3.63) is 192 Å². The second-order valence-electron chi connectivity index (χ2n) is 36.2. The van der Waals surface area contributed by atoms with Gasteiger partial charge in [0.2, 0.25) is 94.5 Å². The second-order valence-corrected chi connectivity index (χ2v) is 37.2. The number of hydrogen-bond acceptors (Lipinski definition) is 26. The number of methoxy groups -OCH3 is 1. The summed E-state index contributed by atoms with van der Waals surface area (Å²) in [6, 6.07) is 17.5. The minimum atomic E-state index is -1.97. The molecule has 1 saturated heterocycles. The number of aromatic nitrogens is 3. The van der Waals surface area contributed by atoms with Gasteiger partial charge in [-0.15, -0.1) is 0 Å². The van der Waals surface area contributed by atoms with Crippen molar-refractivity contribution in [2.24, 2.45) is 17.4 Å². The number of imidazole rings is 1. The largest absolute Gasteiger partial charge is 0.508 e. The zero-order valence-corrected chi connectivity index (χ0v) is 84.8. The Bertz CT molecular complexity index is 5660. The lowest BCUT2D eigenvalue weighted by Gasteiger charge is -2.33. The highest BCUT2D eigenvalue weighted by molar-refractivity contribution is 7.98. The molecule has 5 aromatic carbocycles. The van der Waals surface area contributed by atoms with E-state index in [1.807, 2.05) is 0 Å². The third-order valence-corrected chi connectivity index (χ3v) is 25.4. The van der Waals surface area contributed by atoms with Gasteiger partial charge < -0.3 is 140 Å². The molecule has 25 N–H and O–H groups in total. The van der Waals surface area contributed by atoms with E-state index in [0.717, 1.165) is 4.90 Å². The number of phenolic OH excluding ortho intramolecular Hbond substituents is 1. The van der Waals surface area contributed by atoms with Crippen molar-refractivity contribution in [2.45, 2.75) is 203 Å². The molecule has 1 aliphatic heterocycles. The number of H-pyrrole nitrogens is 2. The Morgan fingerprint density at radius 3 is 1.58 bits per heavy atom. The highest BCUT2D eigenvalue weighted by Gasteiger charge is 2.43. The summed E-state index contributed by atoms with van der Waals surface area (Å²) in [4.78, 5) is 273. The predicted octanol–water partition coefficient (Wildman–Crippen LogP) is -1.84. The van der Waals surface area contributed by atoms with Crippen LogP contribution in [0, 0.1) is 11.3 Å². The molecule has 48 heteroatoms. The first kappa shape index (κ1) is 119. The van der Waals surface area contributed by atoms with Crippen LogP contribution in [0.5, 0.6) is 5.75 Å². The number of para-hydroxylation sites is 1. The first-order valence-corrected chi connectivity index (χ1v) is 50.3. The first-order chi connectivity index (χ1) is 71.3. The number of fused-ring (bicyclic) bond motifs is 1. The van der Waals surface area contributed by atoms with Crippen LogP contribution in [0.25, 0.3) is 10.9 Å². The van der Waals surface area contributed by atoms with E-state index in [9.17, 15) is 83.1 Å². The number of benzene rings is 5. The number of guanidine groups is 1. The van der Waals surface area contributed by atoms with Crippen molar-refractivity contribution in [1.29, 1.82) is 5.41 Å². The van der Waals surface area contributed by atoms with Crippen molar-refractivity contribution in [2.75, 3.05) is 91.3 Å². The number of hydrogen-bond donors (Lipinski definition) is 23. The minimum Gasteiger partial charge on any atom is -0.508 e. The molecule has 0 radical (unpaired) electrons. The molecule has 806 valence electrons. The summed E-state index contributed by atoms with van der Waals surface area (Å²) < 4.78 is 5.16. The lowest BCUT2D eigenvalue weighted by Crippen LogP contribution is -2.62. The van der Waals surface area contributed by atoms with E-state index < -0.39 is 262 Å². The van der Waals surface area contributed by atoms with E-state index in [2.05, 4.69) is 84.1 Å². The maximum Gasteiger partial charge on any atom is 0.322 e. The summed E-state index contributed by atoms with van der Waals surface area (Å²) in [5, 5.41) is 93.4. The van der Waals surface area contributed by atoms with Crippen LogP contribution in [0.2, 0.25) is 0 Å². The molecule has 47 nitrogen and oxygen atoms in total. The molecule has 149 heavy (non-hydrogen) atoms. The van der Waals surface area contributed by atoms with Crippen molar-refractivity contribution < 1.29 is 117 Å². The molecule has 8 rings (SSSR count). The summed E-state index contributed by atoms with van der Waals surface area (Å²) in [6.45, 7) is 1.58. The van der Waals surface area contributed by atoms with Gasteiger partial charge in [-0.2, -0.15) is 11.8 Å². The number of carbonyl (C=O) groups excluding carboxylic acids is 16. The lowest BCUT2D eigenvalue weighted by molar-refractivity contribution is -0.146. The highest BCUT2D eigenvalue weighted by atomic mass is 32.2. The van der Waals surface area contributed by atoms with Crippen LogP contribution in [0.1, 0.15) is 131 Å². The molecule has 0 aliphatic carbocycles. The Hall–Kier alpha value is -15.4. The van der Waals surface area contributed by atoms with E-state index in [4.69, 9.17) is 21.6 Å². The number of rotatable bonds is 63. The summed E-state index contributed by atoms with van der Waals surface area (Å²) >= 11 is 1.19. The van der Waals surface area contributed by atoms with Crippen molar-refractivity contribution in [1.82, 2.24) is 104 Å². The van der Waals surface area contributed by atoms with E-state index in [0.29, 0.717) is 52.4 Å². The van der Waals surface area contributed by atoms with Gasteiger partial charge in [0.1, 0.15) is 97.9 Å². The number of carbonyl (C=O) groups is 18. The lowest BCUT2D eigenvalue weighted by atomic mass is 10.0. The summed E-state index contributed by atoms with van der Waals surface area (Å²) in [5.74, 6) is -18.7. The molecule has 1 aliphatic rings. The normalized spacial score (nSPS) is 14.6. The number of aromatic hydroxyl groups is 1. The van der Waals surface area contributed by atoms with Gasteiger partial charge in [0.25, 0.3) is 0 Å². The number of nitrogens with two attached hydrogens (primary N) is 2. The number of unbranched alkanes of at least 4 members (excludes halogenated alkanes) is 1. The number of carboxylic acid groups (broad SMARTS) is 2. The molecule has 13 unspecified atom stereocenters. The standard InChI is InChI=1S/C101H137N23O24S/c1-60(2)88(99(146)108-52-87(134)135)120-98(145)82-32-21-42-123(82)100(147)75(30-18-19-40-102)114-94(141)78(48-67-50-107-71-29-17-16-28-70(67)71)117-89(136)72(31-20-41-106-101(103)104)111-92(139)76(46-63-22-10-7-11-23-63)115-95(142)79(49-68-51-105-59-109-68)118-90(137)73(37-38-86(132)133)112-91(138)74(39-45-149-6)113-97(144)81(58-126)119-93(140)77(47-64-33-35-69(128)36-34-64)116-96(143)80(57-125)110-83(129)54-124(61(3)66-26-14-9-15-27-66)85(131)56-122(53-65-24-12-8-13-25-65)84(130)55-121(62(4)127)43-44-148-5/h7-17,22-29,33-36,50-51,59-61,72-82,88,107,125-126,128H,18-21,30-32,37-49,52-58,102H2,1-6H3,(H,105,109)(H,108,146)(H,110,129)(H,111,139)(H,112,138)(H,113,144)(H,114,141)(H,115,142)(H,116,143)(H,117,136)(H,118,137)(H,119,140)(H,120,145)(H,132,133)(H,134,135)(H4,103,104,106). The van der Waals surface area contributed by atoms with Crippen molar-refractivity contribution >= 4 is 135 Å². The smallest absolute Gasteiger partial charge is 0.322 e. The molecule has 13 atom stereocenters. The number of carboxylic acids is 2. The first-order valence-electron chi connectivity index (χ1n) is 48.9. The number of nitrogens with one attached hydrogen (secondary N) is 16. The fraction of sp³-hybridized carbons (Fsp3) is 0.465. The maximum atomic E-state index is 15.4. The van der Waals surface area contributed by atoms with E-state index in [-0.39, 0.29) is 107 Å². The van der Waals surface area contributed by atoms with Gasteiger partial charge in [0.15, 0.2) is 5.96 Å². The number of thioether (sulfide) groups is 1. The van der Waals surface area contributed by atoms with Gasteiger partial charge in [0.05, 0.1) is 44.4 Å². The van der Waals surface area contributed by atoms with Crippen LogP contribution in [-0.4, -0.2) is 336 Å². The fourth-order valence-corrected chi connectivity index (χ4v) is 17.0. The van der Waals surface area contributed by atoms with Crippen molar-refractivity contribution in [3.8, 4) is 5.75 Å². The Morgan fingerprint density at radius 1 is 0.537 bits per heavy atom. The molecule has 1 fully saturated rings. The third kappa shape index (κ3) is 38.7. The van der Waals surface area contributed by atoms with Crippen LogP contribution in [0.4, 0.5) is 0 Å². The number of likely N-dealkylation sites (tertiary alicyclic amines) is 1. The van der Waals surface area contributed by atoms with Gasteiger partial charge in [0, 0.05) is 95.6 Å². The Balaban J connectivity index is 1.02. The van der Waals surface area contributed by atoms with Gasteiger partial charge >= 0.3 is 11.9 Å². The summed E-state index contributed by atoms with van der Waals surface area (Å²) in [7, 11) is 1.43. The molecule has 7 aromatic rings. The van der Waals surface area contributed by atoms with Crippen LogP contribution >= 0.6 is 11.8 Å². The predicted molar refractivity (Wildman–Crippen MR) is 546 cm³/mol. The van der Waals surface area contributed by atoms with Crippen LogP contribution in [0.3, 0.4) is 0 Å². The van der Waals surface area contributed by atoms with Crippen LogP contribution in [0.15, 0.2) is 158 Å². The van der Waals surface area contributed by atoms with Gasteiger partial charge in [-0.3, -0.25) is 91.7 Å². The van der Waals surface area contributed by atoms with Crippen LogP contribution < -0.4 is 80.6 Å². The SMILES string of the molecule is COCCN(CC(=O)N(CC(=O)N(CC(=O)NC(CO)C(=O)NC(Cc1ccc(O)cc1)C(=O)NC(CO)C(=O)NC(CCSC)C(=O)NC(CCC(=O)O)C(=O)NC(Cc1c[nH]cn1)C(=O)NC(Cc1ccccc1)C(=O)NC(CCCNC(=N)N)C(=O)NC(Cc1c[nH]c2ccccc12)C(=O)NC(CCCCN)C(=O)N1CCCC1C(=O)NC(C(=O)NCC(=O)O)C(C)C)C(C)c1ccccc1)Cc1ccccc1)C(C)=O.